The molecular formula is C21H25FN4O3. The Balaban J connectivity index is 1.75. The van der Waals surface area contributed by atoms with Gasteiger partial charge in [0, 0.05) is 31.3 Å². The quantitative estimate of drug-likeness (QED) is 0.570. The number of nitrogens with zero attached hydrogens (tertiary/aromatic N) is 3. The van der Waals surface area contributed by atoms with E-state index in [0.717, 1.165) is 31.5 Å². The summed E-state index contributed by atoms with van der Waals surface area (Å²) in [5.74, 6) is -0.738. The van der Waals surface area contributed by atoms with Crippen molar-refractivity contribution in [3.63, 3.8) is 0 Å². The zero-order chi connectivity index (χ0) is 21.0. The predicted molar refractivity (Wildman–Crippen MR) is 110 cm³/mol. The Morgan fingerprint density at radius 1 is 1.24 bits per heavy atom. The summed E-state index contributed by atoms with van der Waals surface area (Å²) in [5, 5.41) is 14.3. The van der Waals surface area contributed by atoms with Crippen molar-refractivity contribution in [3.8, 4) is 0 Å². The molecule has 0 aromatic heterocycles. The first-order valence-corrected chi connectivity index (χ1v) is 9.60. The normalized spacial score (nSPS) is 14.8. The van der Waals surface area contributed by atoms with E-state index in [4.69, 9.17) is 0 Å². The monoisotopic (exact) mass is 400 g/mol. The van der Waals surface area contributed by atoms with E-state index in [2.05, 4.69) is 5.32 Å². The molecule has 1 amide bonds. The number of rotatable bonds is 7. The van der Waals surface area contributed by atoms with Gasteiger partial charge < -0.3 is 15.1 Å². The Morgan fingerprint density at radius 3 is 2.59 bits per heavy atom. The third-order valence-corrected chi connectivity index (χ3v) is 5.19. The molecular weight excluding hydrogens is 375 g/mol. The molecule has 7 nitrogen and oxygen atoms in total. The molecule has 0 spiro atoms. The standard InChI is InChI=1S/C21H25FN4O3/c1-24(2)20(15-6-5-7-17(22)12-15)14-23-21(27)16-8-9-18(19(13-16)26(28)29)25-10-3-4-11-25/h5-9,12-13,20H,3-4,10-11,14H2,1-2H3,(H,23,27). The molecule has 1 N–H and O–H groups in total. The van der Waals surface area contributed by atoms with Gasteiger partial charge in [0.1, 0.15) is 11.5 Å². The van der Waals surface area contributed by atoms with Crippen molar-refractivity contribution in [2.24, 2.45) is 0 Å². The van der Waals surface area contributed by atoms with Gasteiger partial charge >= 0.3 is 0 Å². The fourth-order valence-electron chi connectivity index (χ4n) is 3.64. The minimum absolute atomic E-state index is 0.0613. The minimum atomic E-state index is -0.445. The van der Waals surface area contributed by atoms with Crippen molar-refractivity contribution in [1.29, 1.82) is 0 Å². The maximum atomic E-state index is 13.6. The van der Waals surface area contributed by atoms with E-state index < -0.39 is 10.8 Å². The van der Waals surface area contributed by atoms with Crippen LogP contribution in [0.2, 0.25) is 0 Å². The molecule has 1 unspecified atom stereocenters. The fraction of sp³-hybridized carbons (Fsp3) is 0.381. The number of anilines is 1. The summed E-state index contributed by atoms with van der Waals surface area (Å²) in [5.41, 5.74) is 1.46. The second kappa shape index (κ2) is 9.00. The second-order valence-corrected chi connectivity index (χ2v) is 7.40. The fourth-order valence-corrected chi connectivity index (χ4v) is 3.64. The SMILES string of the molecule is CN(C)C(CNC(=O)c1ccc(N2CCCC2)c([N+](=O)[O-])c1)c1cccc(F)c1. The molecule has 1 aliphatic rings. The van der Waals surface area contributed by atoms with Gasteiger partial charge in [-0.1, -0.05) is 12.1 Å². The molecule has 154 valence electrons. The number of halogens is 1. The Kier molecular flexibility index (Phi) is 6.43. The van der Waals surface area contributed by atoms with E-state index in [9.17, 15) is 19.3 Å². The maximum Gasteiger partial charge on any atom is 0.293 e. The molecule has 8 heteroatoms. The van der Waals surface area contributed by atoms with Gasteiger partial charge in [-0.05, 0) is 56.8 Å². The Labute approximate surface area is 169 Å². The number of nitro groups is 1. The number of likely N-dealkylation sites (N-methyl/N-ethyl adjacent to an activating group) is 1. The van der Waals surface area contributed by atoms with Crippen molar-refractivity contribution in [3.05, 3.63) is 69.5 Å². The highest BCUT2D eigenvalue weighted by atomic mass is 19.1. The molecule has 29 heavy (non-hydrogen) atoms. The van der Waals surface area contributed by atoms with E-state index in [1.54, 1.807) is 24.3 Å². The number of carbonyl (C=O) groups excluding carboxylic acids is 1. The number of amides is 1. The topological polar surface area (TPSA) is 78.7 Å². The Morgan fingerprint density at radius 2 is 1.97 bits per heavy atom. The van der Waals surface area contributed by atoms with Gasteiger partial charge in [-0.25, -0.2) is 4.39 Å². The highest BCUT2D eigenvalue weighted by molar-refractivity contribution is 5.95. The van der Waals surface area contributed by atoms with E-state index in [0.29, 0.717) is 5.69 Å². The second-order valence-electron chi connectivity index (χ2n) is 7.40. The van der Waals surface area contributed by atoms with Crippen LogP contribution in [0, 0.1) is 15.9 Å². The predicted octanol–water partition coefficient (Wildman–Crippen LogP) is 3.37. The molecule has 0 aliphatic carbocycles. The summed E-state index contributed by atoms with van der Waals surface area (Å²) in [4.78, 5) is 27.6. The molecule has 0 bridgehead atoms. The average Bonchev–Trinajstić information content (AvgIpc) is 3.22. The highest BCUT2D eigenvalue weighted by Gasteiger charge is 2.24. The van der Waals surface area contributed by atoms with E-state index >= 15 is 0 Å². The first kappa shape index (κ1) is 20.7. The van der Waals surface area contributed by atoms with Crippen LogP contribution >= 0.6 is 0 Å². The number of benzene rings is 2. The average molecular weight is 400 g/mol. The molecule has 2 aromatic rings. The van der Waals surface area contributed by atoms with Crippen LogP contribution in [-0.4, -0.2) is 49.5 Å². The number of nitrogens with one attached hydrogen (secondary N) is 1. The van der Waals surface area contributed by atoms with Crippen LogP contribution < -0.4 is 10.2 Å². The largest absolute Gasteiger partial charge is 0.366 e. The molecule has 1 aliphatic heterocycles. The molecule has 1 atom stereocenters. The van der Waals surface area contributed by atoms with Gasteiger partial charge in [0.05, 0.1) is 11.0 Å². The number of nitro benzene ring substituents is 1. The van der Waals surface area contributed by atoms with Crippen LogP contribution in [0.25, 0.3) is 0 Å². The first-order chi connectivity index (χ1) is 13.9. The van der Waals surface area contributed by atoms with Gasteiger partial charge in [0.2, 0.25) is 0 Å². The lowest BCUT2D eigenvalue weighted by molar-refractivity contribution is -0.384. The molecule has 1 heterocycles. The van der Waals surface area contributed by atoms with Crippen LogP contribution in [-0.2, 0) is 0 Å². The van der Waals surface area contributed by atoms with E-state index in [1.165, 1.54) is 18.2 Å². The summed E-state index contributed by atoms with van der Waals surface area (Å²) in [6.07, 6.45) is 2.01. The third-order valence-electron chi connectivity index (χ3n) is 5.19. The third kappa shape index (κ3) is 4.89. The smallest absolute Gasteiger partial charge is 0.293 e. The lowest BCUT2D eigenvalue weighted by atomic mass is 10.1. The maximum absolute atomic E-state index is 13.6. The molecule has 1 fully saturated rings. The van der Waals surface area contributed by atoms with Crippen molar-refractivity contribution in [2.45, 2.75) is 18.9 Å². The zero-order valence-electron chi connectivity index (χ0n) is 16.6. The zero-order valence-corrected chi connectivity index (χ0v) is 16.6. The van der Waals surface area contributed by atoms with Gasteiger partial charge in [0.15, 0.2) is 0 Å². The van der Waals surface area contributed by atoms with Gasteiger partial charge in [-0.3, -0.25) is 14.9 Å². The van der Waals surface area contributed by atoms with Crippen LogP contribution in [0.4, 0.5) is 15.8 Å². The number of carbonyl (C=O) groups is 1. The molecule has 0 saturated carbocycles. The summed E-state index contributed by atoms with van der Waals surface area (Å²) < 4.78 is 13.6. The van der Waals surface area contributed by atoms with Crippen LogP contribution in [0.5, 0.6) is 0 Å². The van der Waals surface area contributed by atoms with E-state index in [1.807, 2.05) is 23.9 Å². The first-order valence-electron chi connectivity index (χ1n) is 9.60. The molecule has 0 radical (unpaired) electrons. The van der Waals surface area contributed by atoms with E-state index in [-0.39, 0.29) is 29.7 Å². The Hall–Kier alpha value is -3.00. The summed E-state index contributed by atoms with van der Waals surface area (Å²) in [6, 6.07) is 10.6. The summed E-state index contributed by atoms with van der Waals surface area (Å²) >= 11 is 0. The van der Waals surface area contributed by atoms with Gasteiger partial charge in [-0.15, -0.1) is 0 Å². The van der Waals surface area contributed by atoms with Crippen LogP contribution in [0.3, 0.4) is 0 Å². The van der Waals surface area contributed by atoms with Crippen LogP contribution in [0.1, 0.15) is 34.8 Å². The summed E-state index contributed by atoms with van der Waals surface area (Å²) in [7, 11) is 3.69. The number of hydrogen-bond donors (Lipinski definition) is 1. The van der Waals surface area contributed by atoms with Crippen LogP contribution in [0.15, 0.2) is 42.5 Å². The van der Waals surface area contributed by atoms with Crippen molar-refractivity contribution >= 4 is 17.3 Å². The summed E-state index contributed by atoms with van der Waals surface area (Å²) in [6.45, 7) is 1.81. The lowest BCUT2D eigenvalue weighted by Crippen LogP contribution is -2.34. The minimum Gasteiger partial charge on any atom is -0.366 e. The van der Waals surface area contributed by atoms with Gasteiger partial charge in [0.25, 0.3) is 11.6 Å². The molecule has 3 rings (SSSR count). The molecule has 1 saturated heterocycles. The van der Waals surface area contributed by atoms with Crippen molar-refractivity contribution < 1.29 is 14.1 Å². The van der Waals surface area contributed by atoms with Crippen molar-refractivity contribution in [2.75, 3.05) is 38.6 Å². The lowest BCUT2D eigenvalue weighted by Gasteiger charge is -2.25. The Bertz CT molecular complexity index is 897. The number of hydrogen-bond acceptors (Lipinski definition) is 5. The van der Waals surface area contributed by atoms with Crippen molar-refractivity contribution in [1.82, 2.24) is 10.2 Å². The molecule has 2 aromatic carbocycles. The van der Waals surface area contributed by atoms with Gasteiger partial charge in [-0.2, -0.15) is 0 Å². The highest BCUT2D eigenvalue weighted by Crippen LogP contribution is 2.31.